The number of hydrogen-bond acceptors (Lipinski definition) is 4. The molecule has 0 aliphatic heterocycles. The molecule has 1 aromatic carbocycles. The van der Waals surface area contributed by atoms with Crippen LogP contribution in [0.1, 0.15) is 19.4 Å². The third-order valence-corrected chi connectivity index (χ3v) is 4.01. The van der Waals surface area contributed by atoms with Gasteiger partial charge in [0.1, 0.15) is 11.6 Å². The highest BCUT2D eigenvalue weighted by Gasteiger charge is 2.26. The van der Waals surface area contributed by atoms with Crippen molar-refractivity contribution >= 4 is 21.6 Å². The summed E-state index contributed by atoms with van der Waals surface area (Å²) in [5.74, 6) is 0. The molecule has 1 N–H and O–H groups in total. The van der Waals surface area contributed by atoms with Crippen LogP contribution in [-0.2, 0) is 10.0 Å². The van der Waals surface area contributed by atoms with Gasteiger partial charge >= 0.3 is 0 Å². The number of benzene rings is 1. The van der Waals surface area contributed by atoms with E-state index in [1.54, 1.807) is 0 Å². The minimum Gasteiger partial charge on any atom is -0.207 e. The molecule has 0 aliphatic carbocycles. The highest BCUT2D eigenvalue weighted by Crippen LogP contribution is 2.21. The van der Waals surface area contributed by atoms with Gasteiger partial charge in [-0.2, -0.15) is 15.2 Å². The van der Waals surface area contributed by atoms with Crippen LogP contribution in [0.15, 0.2) is 23.1 Å². The standard InChI is InChI=1S/C11H10ClN3O2S/c1-11(2,7-14)15-18(16,17)9-4-3-8(6-13)10(12)5-9/h3-5,15H,1-2H3. The lowest BCUT2D eigenvalue weighted by atomic mass is 10.1. The first-order chi connectivity index (χ1) is 8.22. The molecular formula is C11H10ClN3O2S. The third kappa shape index (κ3) is 3.21. The second-order valence-electron chi connectivity index (χ2n) is 4.10. The Bertz CT molecular complexity index is 654. The van der Waals surface area contributed by atoms with Crippen LogP contribution in [0.2, 0.25) is 5.02 Å². The van der Waals surface area contributed by atoms with Gasteiger partial charge in [-0.1, -0.05) is 11.6 Å². The lowest BCUT2D eigenvalue weighted by Crippen LogP contribution is -2.41. The summed E-state index contributed by atoms with van der Waals surface area (Å²) in [6.45, 7) is 2.88. The maximum Gasteiger partial charge on any atom is 0.241 e. The first-order valence-electron chi connectivity index (χ1n) is 4.87. The van der Waals surface area contributed by atoms with E-state index in [2.05, 4.69) is 4.72 Å². The van der Waals surface area contributed by atoms with Crippen molar-refractivity contribution in [2.45, 2.75) is 24.3 Å². The van der Waals surface area contributed by atoms with E-state index in [1.165, 1.54) is 32.0 Å². The maximum atomic E-state index is 12.0. The minimum atomic E-state index is -3.84. The normalized spacial score (nSPS) is 11.6. The van der Waals surface area contributed by atoms with Gasteiger partial charge in [0.05, 0.1) is 21.6 Å². The monoisotopic (exact) mass is 283 g/mol. The van der Waals surface area contributed by atoms with Gasteiger partial charge in [-0.3, -0.25) is 0 Å². The van der Waals surface area contributed by atoms with Gasteiger partial charge in [-0.05, 0) is 32.0 Å². The number of nitrogens with zero attached hydrogens (tertiary/aromatic N) is 2. The molecule has 18 heavy (non-hydrogen) atoms. The maximum absolute atomic E-state index is 12.0. The fourth-order valence-corrected chi connectivity index (χ4v) is 2.81. The number of hydrogen-bond donors (Lipinski definition) is 1. The van der Waals surface area contributed by atoms with Crippen molar-refractivity contribution in [3.8, 4) is 12.1 Å². The van der Waals surface area contributed by atoms with Gasteiger partial charge < -0.3 is 0 Å². The summed E-state index contributed by atoms with van der Waals surface area (Å²) in [5, 5.41) is 17.5. The number of sulfonamides is 1. The van der Waals surface area contributed by atoms with E-state index in [-0.39, 0.29) is 15.5 Å². The number of rotatable bonds is 3. The molecule has 0 fully saturated rings. The van der Waals surface area contributed by atoms with E-state index in [4.69, 9.17) is 22.1 Å². The van der Waals surface area contributed by atoms with Crippen molar-refractivity contribution in [1.29, 1.82) is 10.5 Å². The average Bonchev–Trinajstić information content (AvgIpc) is 2.27. The zero-order valence-electron chi connectivity index (χ0n) is 9.73. The van der Waals surface area contributed by atoms with E-state index < -0.39 is 15.6 Å². The van der Waals surface area contributed by atoms with E-state index in [1.807, 2.05) is 12.1 Å². The van der Waals surface area contributed by atoms with Crippen molar-refractivity contribution in [1.82, 2.24) is 4.72 Å². The predicted molar refractivity (Wildman–Crippen MR) is 66.2 cm³/mol. The summed E-state index contributed by atoms with van der Waals surface area (Å²) in [4.78, 5) is -0.0881. The van der Waals surface area contributed by atoms with Crippen LogP contribution < -0.4 is 4.72 Å². The van der Waals surface area contributed by atoms with Crippen LogP contribution in [0, 0.1) is 22.7 Å². The molecule has 1 aromatic rings. The average molecular weight is 284 g/mol. The molecule has 0 aromatic heterocycles. The Morgan fingerprint density at radius 3 is 2.39 bits per heavy atom. The van der Waals surface area contributed by atoms with Crippen LogP contribution in [0.4, 0.5) is 0 Å². The molecule has 7 heteroatoms. The Hall–Kier alpha value is -1.60. The summed E-state index contributed by atoms with van der Waals surface area (Å²) >= 11 is 5.76. The van der Waals surface area contributed by atoms with Crippen molar-refractivity contribution in [3.05, 3.63) is 28.8 Å². The molecule has 0 bridgehead atoms. The van der Waals surface area contributed by atoms with Gasteiger partial charge in [0, 0.05) is 0 Å². The molecule has 0 spiro atoms. The summed E-state index contributed by atoms with van der Waals surface area (Å²) in [5.41, 5.74) is -1.03. The molecular weight excluding hydrogens is 274 g/mol. The Kier molecular flexibility index (Phi) is 3.98. The van der Waals surface area contributed by atoms with E-state index in [9.17, 15) is 8.42 Å². The van der Waals surface area contributed by atoms with Gasteiger partial charge in [0.25, 0.3) is 0 Å². The second-order valence-corrected chi connectivity index (χ2v) is 6.19. The zero-order valence-corrected chi connectivity index (χ0v) is 11.3. The topological polar surface area (TPSA) is 93.8 Å². The summed E-state index contributed by atoms with van der Waals surface area (Å²) in [7, 11) is -3.84. The molecule has 0 atom stereocenters. The molecule has 0 unspecified atom stereocenters. The SMILES string of the molecule is CC(C)(C#N)NS(=O)(=O)c1ccc(C#N)c(Cl)c1. The molecule has 1 rings (SSSR count). The van der Waals surface area contributed by atoms with Gasteiger partial charge in [-0.15, -0.1) is 0 Å². The van der Waals surface area contributed by atoms with Crippen LogP contribution in [-0.4, -0.2) is 14.0 Å². The highest BCUT2D eigenvalue weighted by molar-refractivity contribution is 7.89. The number of nitriles is 2. The highest BCUT2D eigenvalue weighted by atomic mass is 35.5. The van der Waals surface area contributed by atoms with Crippen molar-refractivity contribution in [2.75, 3.05) is 0 Å². The zero-order chi connectivity index (χ0) is 14.0. The quantitative estimate of drug-likeness (QED) is 0.915. The Morgan fingerprint density at radius 2 is 1.94 bits per heavy atom. The third-order valence-electron chi connectivity index (χ3n) is 2.04. The number of halogens is 1. The number of nitrogens with one attached hydrogen (secondary N) is 1. The lowest BCUT2D eigenvalue weighted by molar-refractivity contribution is 0.535. The smallest absolute Gasteiger partial charge is 0.207 e. The van der Waals surface area contributed by atoms with Crippen LogP contribution in [0.25, 0.3) is 0 Å². The van der Waals surface area contributed by atoms with E-state index >= 15 is 0 Å². The molecule has 5 nitrogen and oxygen atoms in total. The van der Waals surface area contributed by atoms with Gasteiger partial charge in [0.2, 0.25) is 10.0 Å². The molecule has 94 valence electrons. The molecule has 0 aliphatic rings. The predicted octanol–water partition coefficient (Wildman–Crippen LogP) is 1.79. The van der Waals surface area contributed by atoms with Crippen molar-refractivity contribution in [2.24, 2.45) is 0 Å². The minimum absolute atomic E-state index is 0.0511. The molecule has 0 heterocycles. The first-order valence-corrected chi connectivity index (χ1v) is 6.73. The Balaban J connectivity index is 3.20. The molecule has 0 amide bonds. The van der Waals surface area contributed by atoms with E-state index in [0.29, 0.717) is 0 Å². The second kappa shape index (κ2) is 4.95. The summed E-state index contributed by atoms with van der Waals surface area (Å²) in [6, 6.07) is 7.42. The van der Waals surface area contributed by atoms with Crippen LogP contribution in [0.5, 0.6) is 0 Å². The molecule has 0 radical (unpaired) electrons. The van der Waals surface area contributed by atoms with Gasteiger partial charge in [0.15, 0.2) is 0 Å². The summed E-state index contributed by atoms with van der Waals surface area (Å²) < 4.78 is 26.1. The largest absolute Gasteiger partial charge is 0.241 e. The Labute approximate surface area is 111 Å². The fourth-order valence-electron chi connectivity index (χ4n) is 1.17. The lowest BCUT2D eigenvalue weighted by Gasteiger charge is -2.17. The summed E-state index contributed by atoms with van der Waals surface area (Å²) in [6.07, 6.45) is 0. The van der Waals surface area contributed by atoms with Crippen LogP contribution >= 0.6 is 11.6 Å². The Morgan fingerprint density at radius 1 is 1.33 bits per heavy atom. The van der Waals surface area contributed by atoms with Crippen LogP contribution in [0.3, 0.4) is 0 Å². The molecule has 0 saturated carbocycles. The van der Waals surface area contributed by atoms with Gasteiger partial charge in [-0.25, -0.2) is 8.42 Å². The van der Waals surface area contributed by atoms with Crippen molar-refractivity contribution < 1.29 is 8.42 Å². The molecule has 0 saturated heterocycles. The first kappa shape index (κ1) is 14.5. The van der Waals surface area contributed by atoms with Crippen molar-refractivity contribution in [3.63, 3.8) is 0 Å². The fraction of sp³-hybridized carbons (Fsp3) is 0.273. The van der Waals surface area contributed by atoms with E-state index in [0.717, 1.165) is 0 Å².